The molecule has 0 fully saturated rings. The first kappa shape index (κ1) is 16.9. The molecule has 0 heterocycles. The highest BCUT2D eigenvalue weighted by Gasteiger charge is 2.10. The lowest BCUT2D eigenvalue weighted by molar-refractivity contribution is -0.124. The molecule has 1 rings (SSSR count). The van der Waals surface area contributed by atoms with Gasteiger partial charge in [-0.15, -0.1) is 0 Å². The summed E-state index contributed by atoms with van der Waals surface area (Å²) in [6, 6.07) is 5.62. The van der Waals surface area contributed by atoms with Crippen LogP contribution in [0.25, 0.3) is 0 Å². The molecule has 0 aliphatic heterocycles. The Balaban J connectivity index is 2.54. The number of carbonyl (C=O) groups excluding carboxylic acids is 1. The Kier molecular flexibility index (Phi) is 7.58. The van der Waals surface area contributed by atoms with Gasteiger partial charge in [0, 0.05) is 17.6 Å². The predicted molar refractivity (Wildman–Crippen MR) is 81.9 cm³/mol. The molecule has 0 saturated carbocycles. The topological polar surface area (TPSA) is 73.6 Å². The summed E-state index contributed by atoms with van der Waals surface area (Å²) in [5.41, 5.74) is 6.56. The molecule has 5 nitrogen and oxygen atoms in total. The van der Waals surface area contributed by atoms with Crippen LogP contribution in [-0.2, 0) is 16.0 Å². The smallest absolute Gasteiger partial charge is 0.258 e. The minimum Gasteiger partial charge on any atom is -0.483 e. The summed E-state index contributed by atoms with van der Waals surface area (Å²) < 4.78 is 11.5. The molecule has 0 aromatic heterocycles. The van der Waals surface area contributed by atoms with Crippen molar-refractivity contribution in [1.82, 2.24) is 5.32 Å². The number of hydrogen-bond donors (Lipinski definition) is 2. The first-order chi connectivity index (χ1) is 9.56. The molecule has 0 aliphatic carbocycles. The molecule has 0 aliphatic rings. The molecule has 1 aromatic carbocycles. The van der Waals surface area contributed by atoms with Crippen LogP contribution in [0.1, 0.15) is 12.5 Å². The minimum atomic E-state index is -0.170. The Labute approximate surface area is 127 Å². The third kappa shape index (κ3) is 5.90. The standard InChI is InChI=1S/C14H21BrN2O3/c1-10(8-19-2)17-14(18)9-20-13-4-3-12(15)7-11(13)5-6-16/h3-4,7,10H,5-6,8-9,16H2,1-2H3,(H,17,18). The zero-order valence-corrected chi connectivity index (χ0v) is 13.4. The van der Waals surface area contributed by atoms with E-state index in [0.29, 0.717) is 25.3 Å². The van der Waals surface area contributed by atoms with Crippen molar-refractivity contribution in [3.05, 3.63) is 28.2 Å². The van der Waals surface area contributed by atoms with E-state index in [4.69, 9.17) is 15.2 Å². The van der Waals surface area contributed by atoms with Gasteiger partial charge < -0.3 is 20.5 Å². The quantitative estimate of drug-likeness (QED) is 0.749. The predicted octanol–water partition coefficient (Wildman–Crippen LogP) is 1.48. The van der Waals surface area contributed by atoms with Crippen molar-refractivity contribution in [2.45, 2.75) is 19.4 Å². The molecular weight excluding hydrogens is 324 g/mol. The van der Waals surface area contributed by atoms with E-state index in [0.717, 1.165) is 10.0 Å². The Morgan fingerprint density at radius 3 is 2.90 bits per heavy atom. The van der Waals surface area contributed by atoms with Crippen LogP contribution in [0.5, 0.6) is 5.75 Å². The summed E-state index contributed by atoms with van der Waals surface area (Å²) in [7, 11) is 1.60. The van der Waals surface area contributed by atoms with E-state index in [1.54, 1.807) is 7.11 Å². The fourth-order valence-electron chi connectivity index (χ4n) is 1.79. The maximum Gasteiger partial charge on any atom is 0.258 e. The Hall–Kier alpha value is -1.11. The van der Waals surface area contributed by atoms with Crippen LogP contribution in [0.15, 0.2) is 22.7 Å². The van der Waals surface area contributed by atoms with Crippen molar-refractivity contribution < 1.29 is 14.3 Å². The number of amides is 1. The lowest BCUT2D eigenvalue weighted by atomic mass is 10.1. The summed E-state index contributed by atoms with van der Waals surface area (Å²) in [5, 5.41) is 2.79. The maximum atomic E-state index is 11.7. The average Bonchev–Trinajstić information content (AvgIpc) is 2.38. The van der Waals surface area contributed by atoms with Gasteiger partial charge in [0.1, 0.15) is 5.75 Å². The van der Waals surface area contributed by atoms with Crippen LogP contribution < -0.4 is 15.8 Å². The largest absolute Gasteiger partial charge is 0.483 e. The van der Waals surface area contributed by atoms with Crippen molar-refractivity contribution in [1.29, 1.82) is 0 Å². The fourth-order valence-corrected chi connectivity index (χ4v) is 2.20. The molecule has 0 spiro atoms. The van der Waals surface area contributed by atoms with Gasteiger partial charge in [-0.25, -0.2) is 0 Å². The van der Waals surface area contributed by atoms with E-state index >= 15 is 0 Å². The van der Waals surface area contributed by atoms with Crippen molar-refractivity contribution in [3.8, 4) is 5.75 Å². The summed E-state index contributed by atoms with van der Waals surface area (Å²) in [4.78, 5) is 11.7. The van der Waals surface area contributed by atoms with Crippen molar-refractivity contribution in [2.24, 2.45) is 5.73 Å². The number of ether oxygens (including phenoxy) is 2. The number of nitrogens with one attached hydrogen (secondary N) is 1. The maximum absolute atomic E-state index is 11.7. The number of carbonyl (C=O) groups is 1. The minimum absolute atomic E-state index is 0.0206. The van der Waals surface area contributed by atoms with Crippen molar-refractivity contribution >= 4 is 21.8 Å². The molecule has 3 N–H and O–H groups in total. The van der Waals surface area contributed by atoms with Gasteiger partial charge in [-0.2, -0.15) is 0 Å². The van der Waals surface area contributed by atoms with Crippen LogP contribution in [0.3, 0.4) is 0 Å². The van der Waals surface area contributed by atoms with E-state index in [2.05, 4.69) is 21.2 Å². The van der Waals surface area contributed by atoms with Gasteiger partial charge in [-0.3, -0.25) is 4.79 Å². The van der Waals surface area contributed by atoms with Gasteiger partial charge in [-0.05, 0) is 43.7 Å². The van der Waals surface area contributed by atoms with Gasteiger partial charge >= 0.3 is 0 Å². The zero-order chi connectivity index (χ0) is 15.0. The van der Waals surface area contributed by atoms with E-state index in [1.807, 2.05) is 25.1 Å². The van der Waals surface area contributed by atoms with Gasteiger partial charge in [0.15, 0.2) is 6.61 Å². The fraction of sp³-hybridized carbons (Fsp3) is 0.500. The van der Waals surface area contributed by atoms with E-state index in [9.17, 15) is 4.79 Å². The first-order valence-electron chi connectivity index (χ1n) is 6.46. The Morgan fingerprint density at radius 2 is 2.25 bits per heavy atom. The van der Waals surface area contributed by atoms with E-state index < -0.39 is 0 Å². The van der Waals surface area contributed by atoms with Gasteiger partial charge in [0.05, 0.1) is 6.61 Å². The number of benzene rings is 1. The van der Waals surface area contributed by atoms with Gasteiger partial charge in [0.25, 0.3) is 5.91 Å². The molecule has 1 amide bonds. The van der Waals surface area contributed by atoms with Crippen LogP contribution in [-0.4, -0.2) is 38.8 Å². The molecule has 0 radical (unpaired) electrons. The summed E-state index contributed by atoms with van der Waals surface area (Å²) in [5.74, 6) is 0.518. The highest BCUT2D eigenvalue weighted by molar-refractivity contribution is 9.10. The van der Waals surface area contributed by atoms with Crippen LogP contribution >= 0.6 is 15.9 Å². The van der Waals surface area contributed by atoms with E-state index in [1.165, 1.54) is 0 Å². The molecule has 1 unspecified atom stereocenters. The second-order valence-electron chi connectivity index (χ2n) is 4.50. The lowest BCUT2D eigenvalue weighted by Gasteiger charge is -2.14. The molecule has 0 saturated heterocycles. The molecule has 6 heteroatoms. The number of hydrogen-bond acceptors (Lipinski definition) is 4. The van der Waals surface area contributed by atoms with Crippen LogP contribution in [0, 0.1) is 0 Å². The van der Waals surface area contributed by atoms with Crippen molar-refractivity contribution in [3.63, 3.8) is 0 Å². The highest BCUT2D eigenvalue weighted by Crippen LogP contribution is 2.23. The normalized spacial score (nSPS) is 12.0. The Morgan fingerprint density at radius 1 is 1.50 bits per heavy atom. The summed E-state index contributed by atoms with van der Waals surface area (Å²) in [6.45, 7) is 2.86. The average molecular weight is 345 g/mol. The van der Waals surface area contributed by atoms with Crippen LogP contribution in [0.4, 0.5) is 0 Å². The van der Waals surface area contributed by atoms with Crippen molar-refractivity contribution in [2.75, 3.05) is 26.9 Å². The number of methoxy groups -OCH3 is 1. The molecule has 1 atom stereocenters. The summed E-state index contributed by atoms with van der Waals surface area (Å²) in [6.07, 6.45) is 0.705. The Bertz CT molecular complexity index is 440. The van der Waals surface area contributed by atoms with Gasteiger partial charge in [-0.1, -0.05) is 15.9 Å². The second kappa shape index (κ2) is 8.94. The number of halogens is 1. The highest BCUT2D eigenvalue weighted by atomic mass is 79.9. The molecule has 112 valence electrons. The second-order valence-corrected chi connectivity index (χ2v) is 5.42. The SMILES string of the molecule is COCC(C)NC(=O)COc1ccc(Br)cc1CCN. The van der Waals surface area contributed by atoms with E-state index in [-0.39, 0.29) is 18.6 Å². The molecule has 20 heavy (non-hydrogen) atoms. The zero-order valence-electron chi connectivity index (χ0n) is 11.8. The number of rotatable bonds is 8. The third-order valence-electron chi connectivity index (χ3n) is 2.62. The monoisotopic (exact) mass is 344 g/mol. The molecule has 0 bridgehead atoms. The van der Waals surface area contributed by atoms with Gasteiger partial charge in [0.2, 0.25) is 0 Å². The number of nitrogens with two attached hydrogens (primary N) is 1. The molecular formula is C14H21BrN2O3. The lowest BCUT2D eigenvalue weighted by Crippen LogP contribution is -2.38. The first-order valence-corrected chi connectivity index (χ1v) is 7.25. The third-order valence-corrected chi connectivity index (χ3v) is 3.11. The summed E-state index contributed by atoms with van der Waals surface area (Å²) >= 11 is 3.41. The van der Waals surface area contributed by atoms with Crippen LogP contribution in [0.2, 0.25) is 0 Å². The molecule has 1 aromatic rings.